The SMILES string of the molecule is O=C(O)CC1COCC2(CCN(C(=O)OCC3c4ccccc4-c4ccccc43)C2)O1. The highest BCUT2D eigenvalue weighted by Crippen LogP contribution is 2.44. The molecule has 2 aromatic rings. The summed E-state index contributed by atoms with van der Waals surface area (Å²) in [6.45, 7) is 1.74. The molecule has 2 unspecified atom stereocenters. The van der Waals surface area contributed by atoms with E-state index in [4.69, 9.17) is 19.3 Å². The van der Waals surface area contributed by atoms with E-state index in [-0.39, 0.29) is 31.6 Å². The highest BCUT2D eigenvalue weighted by atomic mass is 16.6. The highest BCUT2D eigenvalue weighted by molar-refractivity contribution is 5.79. The summed E-state index contributed by atoms with van der Waals surface area (Å²) >= 11 is 0. The lowest BCUT2D eigenvalue weighted by Gasteiger charge is -2.37. The van der Waals surface area contributed by atoms with E-state index in [2.05, 4.69) is 24.3 Å². The monoisotopic (exact) mass is 423 g/mol. The lowest BCUT2D eigenvalue weighted by molar-refractivity contribution is -0.196. The van der Waals surface area contributed by atoms with E-state index in [9.17, 15) is 9.59 Å². The van der Waals surface area contributed by atoms with Crippen molar-refractivity contribution >= 4 is 12.1 Å². The average Bonchev–Trinajstić information content (AvgIpc) is 3.31. The van der Waals surface area contributed by atoms with E-state index in [0.29, 0.717) is 26.1 Å². The topological polar surface area (TPSA) is 85.3 Å². The van der Waals surface area contributed by atoms with Crippen LogP contribution in [0, 0.1) is 0 Å². The van der Waals surface area contributed by atoms with Crippen LogP contribution in [0.1, 0.15) is 29.9 Å². The van der Waals surface area contributed by atoms with Gasteiger partial charge >= 0.3 is 12.1 Å². The largest absolute Gasteiger partial charge is 0.481 e. The molecule has 1 spiro atoms. The number of amides is 1. The molecular formula is C24H25NO6. The maximum absolute atomic E-state index is 12.8. The summed E-state index contributed by atoms with van der Waals surface area (Å²) in [5.74, 6) is -0.904. The van der Waals surface area contributed by atoms with Crippen LogP contribution in [-0.4, -0.2) is 66.7 Å². The number of ether oxygens (including phenoxy) is 3. The van der Waals surface area contributed by atoms with Crippen LogP contribution in [0.4, 0.5) is 4.79 Å². The number of carboxylic acid groups (broad SMARTS) is 1. The lowest BCUT2D eigenvalue weighted by atomic mass is 9.98. The molecule has 0 radical (unpaired) electrons. The summed E-state index contributed by atoms with van der Waals surface area (Å²) in [6.07, 6.45) is -0.364. The summed E-state index contributed by atoms with van der Waals surface area (Å²) in [7, 11) is 0. The molecule has 2 aliphatic heterocycles. The first-order valence-electron chi connectivity index (χ1n) is 10.6. The number of benzene rings is 2. The van der Waals surface area contributed by atoms with E-state index in [1.54, 1.807) is 4.90 Å². The predicted octanol–water partition coefficient (Wildman–Crippen LogP) is 3.27. The standard InChI is InChI=1S/C24H25NO6/c26-22(27)11-16-12-29-15-24(31-16)9-10-25(14-24)23(28)30-13-21-19-7-3-1-5-17(19)18-6-2-4-8-20(18)21/h1-8,16,21H,9-15H2,(H,26,27). The van der Waals surface area contributed by atoms with Crippen molar-refractivity contribution in [3.63, 3.8) is 0 Å². The quantitative estimate of drug-likeness (QED) is 0.813. The fourth-order valence-corrected chi connectivity index (χ4v) is 4.99. The molecule has 2 atom stereocenters. The third kappa shape index (κ3) is 3.79. The Morgan fingerprint density at radius 3 is 2.45 bits per heavy atom. The average molecular weight is 423 g/mol. The Labute approximate surface area is 180 Å². The van der Waals surface area contributed by atoms with Gasteiger partial charge in [0.1, 0.15) is 12.2 Å². The number of fused-ring (bicyclic) bond motifs is 3. The van der Waals surface area contributed by atoms with Crippen LogP contribution >= 0.6 is 0 Å². The van der Waals surface area contributed by atoms with Crippen molar-refractivity contribution in [3.05, 3.63) is 59.7 Å². The molecule has 3 aliphatic rings. The van der Waals surface area contributed by atoms with Gasteiger partial charge in [-0.3, -0.25) is 4.79 Å². The second-order valence-electron chi connectivity index (χ2n) is 8.51. The van der Waals surface area contributed by atoms with Crippen LogP contribution in [0.25, 0.3) is 11.1 Å². The minimum Gasteiger partial charge on any atom is -0.481 e. The molecule has 7 heteroatoms. The van der Waals surface area contributed by atoms with Gasteiger partial charge in [-0.2, -0.15) is 0 Å². The smallest absolute Gasteiger partial charge is 0.409 e. The van der Waals surface area contributed by atoms with Crippen LogP contribution in [0.15, 0.2) is 48.5 Å². The summed E-state index contributed by atoms with van der Waals surface area (Å²) in [5, 5.41) is 9.03. The number of nitrogens with zero attached hydrogens (tertiary/aromatic N) is 1. The molecular weight excluding hydrogens is 398 g/mol. The van der Waals surface area contributed by atoms with E-state index in [1.165, 1.54) is 22.3 Å². The molecule has 162 valence electrons. The molecule has 0 bridgehead atoms. The van der Waals surface area contributed by atoms with Gasteiger partial charge in [0, 0.05) is 12.5 Å². The maximum Gasteiger partial charge on any atom is 0.409 e. The van der Waals surface area contributed by atoms with Gasteiger partial charge in [0.2, 0.25) is 0 Å². The number of carboxylic acids is 1. The van der Waals surface area contributed by atoms with Gasteiger partial charge in [-0.15, -0.1) is 0 Å². The number of carbonyl (C=O) groups is 2. The second kappa shape index (κ2) is 7.98. The molecule has 2 fully saturated rings. The highest BCUT2D eigenvalue weighted by Gasteiger charge is 2.46. The fourth-order valence-electron chi connectivity index (χ4n) is 4.99. The van der Waals surface area contributed by atoms with Gasteiger partial charge in [0.15, 0.2) is 0 Å². The zero-order valence-corrected chi connectivity index (χ0v) is 17.2. The maximum atomic E-state index is 12.8. The minimum atomic E-state index is -0.919. The van der Waals surface area contributed by atoms with Crippen molar-refractivity contribution in [3.8, 4) is 11.1 Å². The molecule has 5 rings (SSSR count). The molecule has 1 amide bonds. The number of rotatable bonds is 4. The Morgan fingerprint density at radius 1 is 1.10 bits per heavy atom. The van der Waals surface area contributed by atoms with Crippen LogP contribution < -0.4 is 0 Å². The first-order valence-corrected chi connectivity index (χ1v) is 10.6. The molecule has 0 saturated carbocycles. The zero-order valence-electron chi connectivity index (χ0n) is 17.2. The van der Waals surface area contributed by atoms with Gasteiger partial charge < -0.3 is 24.2 Å². The number of likely N-dealkylation sites (tertiary alicyclic amines) is 1. The van der Waals surface area contributed by atoms with Crippen LogP contribution in [0.5, 0.6) is 0 Å². The summed E-state index contributed by atoms with van der Waals surface area (Å²) in [6, 6.07) is 16.5. The molecule has 1 N–H and O–H groups in total. The first-order chi connectivity index (χ1) is 15.0. The van der Waals surface area contributed by atoms with E-state index in [1.807, 2.05) is 24.3 Å². The molecule has 1 aliphatic carbocycles. The van der Waals surface area contributed by atoms with Crippen molar-refractivity contribution in [2.24, 2.45) is 0 Å². The molecule has 2 aromatic carbocycles. The van der Waals surface area contributed by atoms with Crippen LogP contribution in [0.2, 0.25) is 0 Å². The molecule has 7 nitrogen and oxygen atoms in total. The van der Waals surface area contributed by atoms with Crippen molar-refractivity contribution in [1.29, 1.82) is 0 Å². The first kappa shape index (κ1) is 20.0. The second-order valence-corrected chi connectivity index (χ2v) is 8.51. The van der Waals surface area contributed by atoms with Crippen molar-refractivity contribution in [1.82, 2.24) is 4.90 Å². The summed E-state index contributed by atoms with van der Waals surface area (Å²) in [5.41, 5.74) is 4.09. The van der Waals surface area contributed by atoms with Crippen molar-refractivity contribution < 1.29 is 28.9 Å². The van der Waals surface area contributed by atoms with Crippen LogP contribution in [-0.2, 0) is 19.0 Å². The third-order valence-electron chi connectivity index (χ3n) is 6.40. The molecule has 2 saturated heterocycles. The molecule has 0 aromatic heterocycles. The lowest BCUT2D eigenvalue weighted by Crippen LogP contribution is -2.50. The number of carbonyl (C=O) groups excluding carboxylic acids is 1. The van der Waals surface area contributed by atoms with Gasteiger partial charge in [-0.1, -0.05) is 48.5 Å². The van der Waals surface area contributed by atoms with E-state index >= 15 is 0 Å². The fraction of sp³-hybridized carbons (Fsp3) is 0.417. The molecule has 2 heterocycles. The number of hydrogen-bond donors (Lipinski definition) is 1. The normalized spacial score (nSPS) is 24.8. The van der Waals surface area contributed by atoms with E-state index in [0.717, 1.165) is 0 Å². The Morgan fingerprint density at radius 2 is 1.77 bits per heavy atom. The Kier molecular flexibility index (Phi) is 5.16. The number of hydrogen-bond acceptors (Lipinski definition) is 5. The van der Waals surface area contributed by atoms with Crippen molar-refractivity contribution in [2.75, 3.05) is 32.9 Å². The number of aliphatic carboxylic acids is 1. The summed E-state index contributed by atoms with van der Waals surface area (Å²) in [4.78, 5) is 25.5. The molecule has 31 heavy (non-hydrogen) atoms. The minimum absolute atomic E-state index is 0.0159. The Balaban J connectivity index is 1.24. The Bertz CT molecular complexity index is 962. The third-order valence-corrected chi connectivity index (χ3v) is 6.40. The van der Waals surface area contributed by atoms with Gasteiger partial charge in [-0.05, 0) is 28.7 Å². The van der Waals surface area contributed by atoms with Crippen molar-refractivity contribution in [2.45, 2.75) is 30.5 Å². The van der Waals surface area contributed by atoms with Crippen LogP contribution in [0.3, 0.4) is 0 Å². The van der Waals surface area contributed by atoms with E-state index < -0.39 is 17.7 Å². The Hall–Kier alpha value is -2.90. The predicted molar refractivity (Wildman–Crippen MR) is 112 cm³/mol. The zero-order chi connectivity index (χ0) is 21.4. The van der Waals surface area contributed by atoms with Gasteiger partial charge in [0.05, 0.1) is 32.3 Å². The summed E-state index contributed by atoms with van der Waals surface area (Å²) < 4.78 is 17.4. The van der Waals surface area contributed by atoms with Gasteiger partial charge in [-0.25, -0.2) is 4.79 Å². The van der Waals surface area contributed by atoms with Gasteiger partial charge in [0.25, 0.3) is 0 Å².